The Balaban J connectivity index is 0.00000300. The summed E-state index contributed by atoms with van der Waals surface area (Å²) in [6.45, 7) is 6.04. The van der Waals surface area contributed by atoms with Crippen LogP contribution in [-0.2, 0) is 9.47 Å². The smallest absolute Gasteiger partial charge is 0.193 e. The number of halogens is 2. The van der Waals surface area contributed by atoms with Crippen LogP contribution in [0.1, 0.15) is 32.6 Å². The standard InChI is InChI=1S/C21H32FN3O3.HI/c1-16(28-19-7-5-17(22)6-8-19)14-24-21(23-2)25-11-9-18(10-12-25)27-15-20-4-3-13-26-20;/h5-8,16,18,20H,3-4,9-15H2,1-2H3,(H,23,24);1H. The Morgan fingerprint density at radius 1 is 1.28 bits per heavy atom. The van der Waals surface area contributed by atoms with Crippen molar-refractivity contribution in [1.29, 1.82) is 0 Å². The van der Waals surface area contributed by atoms with E-state index < -0.39 is 0 Å². The lowest BCUT2D eigenvalue weighted by molar-refractivity contribution is -0.0367. The van der Waals surface area contributed by atoms with Crippen molar-refractivity contribution in [3.8, 4) is 5.75 Å². The van der Waals surface area contributed by atoms with Crippen molar-refractivity contribution in [2.24, 2.45) is 4.99 Å². The first-order valence-corrected chi connectivity index (χ1v) is 10.2. The lowest BCUT2D eigenvalue weighted by atomic mass is 10.1. The molecule has 0 aliphatic carbocycles. The molecule has 0 spiro atoms. The largest absolute Gasteiger partial charge is 0.489 e. The second kappa shape index (κ2) is 12.5. The van der Waals surface area contributed by atoms with Crippen LogP contribution in [0.4, 0.5) is 4.39 Å². The van der Waals surface area contributed by atoms with Gasteiger partial charge < -0.3 is 24.4 Å². The fourth-order valence-electron chi connectivity index (χ4n) is 3.61. The molecule has 0 bridgehead atoms. The molecule has 2 heterocycles. The van der Waals surface area contributed by atoms with Gasteiger partial charge >= 0.3 is 0 Å². The van der Waals surface area contributed by atoms with Gasteiger partial charge in [0.1, 0.15) is 17.7 Å². The molecular weight excluding hydrogens is 488 g/mol. The lowest BCUT2D eigenvalue weighted by Gasteiger charge is -2.34. The summed E-state index contributed by atoms with van der Waals surface area (Å²) >= 11 is 0. The van der Waals surface area contributed by atoms with Gasteiger partial charge in [-0.3, -0.25) is 4.99 Å². The van der Waals surface area contributed by atoms with Crippen molar-refractivity contribution in [1.82, 2.24) is 10.2 Å². The van der Waals surface area contributed by atoms with E-state index in [9.17, 15) is 4.39 Å². The summed E-state index contributed by atoms with van der Waals surface area (Å²) in [5.41, 5.74) is 0. The molecule has 8 heteroatoms. The average Bonchev–Trinajstić information content (AvgIpc) is 3.23. The van der Waals surface area contributed by atoms with E-state index in [1.807, 2.05) is 6.92 Å². The van der Waals surface area contributed by atoms with E-state index in [4.69, 9.17) is 14.2 Å². The SMILES string of the molecule is CN=C(NCC(C)Oc1ccc(F)cc1)N1CCC(OCC2CCCO2)CC1.I. The number of benzene rings is 1. The number of hydrogen-bond acceptors (Lipinski definition) is 4. The zero-order chi connectivity index (χ0) is 19.8. The van der Waals surface area contributed by atoms with Gasteiger partial charge in [-0.2, -0.15) is 0 Å². The molecule has 6 nitrogen and oxygen atoms in total. The maximum absolute atomic E-state index is 13.0. The Morgan fingerprint density at radius 2 is 2.00 bits per heavy atom. The summed E-state index contributed by atoms with van der Waals surface area (Å²) in [7, 11) is 1.80. The van der Waals surface area contributed by atoms with E-state index in [0.29, 0.717) is 18.4 Å². The number of nitrogens with zero attached hydrogens (tertiary/aromatic N) is 2. The minimum absolute atomic E-state index is 0. The minimum Gasteiger partial charge on any atom is -0.489 e. The van der Waals surface area contributed by atoms with Crippen molar-refractivity contribution >= 4 is 29.9 Å². The van der Waals surface area contributed by atoms with Crippen molar-refractivity contribution in [2.45, 2.75) is 50.9 Å². The highest BCUT2D eigenvalue weighted by Gasteiger charge is 2.24. The molecule has 0 amide bonds. The summed E-state index contributed by atoms with van der Waals surface area (Å²) in [5.74, 6) is 1.28. The lowest BCUT2D eigenvalue weighted by Crippen LogP contribution is -2.49. The average molecular weight is 521 g/mol. The van der Waals surface area contributed by atoms with Crippen LogP contribution in [0.3, 0.4) is 0 Å². The van der Waals surface area contributed by atoms with Crippen molar-refractivity contribution in [3.05, 3.63) is 30.1 Å². The number of hydrogen-bond donors (Lipinski definition) is 1. The van der Waals surface area contributed by atoms with Crippen LogP contribution in [0.25, 0.3) is 0 Å². The number of guanidine groups is 1. The van der Waals surface area contributed by atoms with Crippen molar-refractivity contribution < 1.29 is 18.6 Å². The highest BCUT2D eigenvalue weighted by molar-refractivity contribution is 14.0. The third-order valence-electron chi connectivity index (χ3n) is 5.19. The van der Waals surface area contributed by atoms with Gasteiger partial charge in [0, 0.05) is 26.7 Å². The van der Waals surface area contributed by atoms with E-state index in [2.05, 4.69) is 15.2 Å². The van der Waals surface area contributed by atoms with Crippen LogP contribution in [0.5, 0.6) is 5.75 Å². The summed E-state index contributed by atoms with van der Waals surface area (Å²) in [4.78, 5) is 6.66. The zero-order valence-electron chi connectivity index (χ0n) is 17.3. The van der Waals surface area contributed by atoms with Crippen LogP contribution in [0.15, 0.2) is 29.3 Å². The molecule has 0 saturated carbocycles. The van der Waals surface area contributed by atoms with Gasteiger partial charge in [0.25, 0.3) is 0 Å². The van der Waals surface area contributed by atoms with Crippen molar-refractivity contribution in [2.75, 3.05) is 39.9 Å². The molecule has 3 rings (SSSR count). The van der Waals surface area contributed by atoms with E-state index >= 15 is 0 Å². The fourth-order valence-corrected chi connectivity index (χ4v) is 3.61. The van der Waals surface area contributed by atoms with Gasteiger partial charge in [-0.25, -0.2) is 4.39 Å². The number of ether oxygens (including phenoxy) is 3. The number of rotatable bonds is 7. The van der Waals surface area contributed by atoms with E-state index in [1.165, 1.54) is 12.1 Å². The normalized spacial score (nSPS) is 21.6. The molecule has 164 valence electrons. The molecule has 2 atom stereocenters. The quantitative estimate of drug-likeness (QED) is 0.339. The molecule has 2 unspecified atom stereocenters. The van der Waals surface area contributed by atoms with E-state index in [0.717, 1.165) is 57.9 Å². The number of piperidine rings is 1. The number of nitrogens with one attached hydrogen (secondary N) is 1. The van der Waals surface area contributed by atoms with Gasteiger partial charge in [0.2, 0.25) is 0 Å². The first-order valence-electron chi connectivity index (χ1n) is 10.2. The van der Waals surface area contributed by atoms with Crippen LogP contribution in [0, 0.1) is 5.82 Å². The molecule has 2 fully saturated rings. The van der Waals surface area contributed by atoms with Crippen molar-refractivity contribution in [3.63, 3.8) is 0 Å². The van der Waals surface area contributed by atoms with Gasteiger partial charge in [0.15, 0.2) is 5.96 Å². The number of aliphatic imine (C=N–C) groups is 1. The molecule has 1 N–H and O–H groups in total. The summed E-state index contributed by atoms with van der Waals surface area (Å²) in [6, 6.07) is 6.09. The first kappa shape index (κ1) is 24.1. The number of likely N-dealkylation sites (tertiary alicyclic amines) is 1. The van der Waals surface area contributed by atoms with Gasteiger partial charge in [-0.05, 0) is 56.9 Å². The molecule has 1 aromatic carbocycles. The van der Waals surface area contributed by atoms with Gasteiger partial charge in [0.05, 0.1) is 25.4 Å². The highest BCUT2D eigenvalue weighted by Crippen LogP contribution is 2.18. The van der Waals surface area contributed by atoms with E-state index in [1.54, 1.807) is 19.2 Å². The highest BCUT2D eigenvalue weighted by atomic mass is 127. The molecule has 0 radical (unpaired) electrons. The second-order valence-electron chi connectivity index (χ2n) is 7.47. The minimum atomic E-state index is -0.262. The monoisotopic (exact) mass is 521 g/mol. The fraction of sp³-hybridized carbons (Fsp3) is 0.667. The van der Waals surface area contributed by atoms with Crippen LogP contribution in [0.2, 0.25) is 0 Å². The zero-order valence-corrected chi connectivity index (χ0v) is 19.6. The summed E-state index contributed by atoms with van der Waals surface area (Å²) in [5, 5.41) is 3.38. The van der Waals surface area contributed by atoms with Crippen LogP contribution < -0.4 is 10.1 Å². The third-order valence-corrected chi connectivity index (χ3v) is 5.19. The Labute approximate surface area is 190 Å². The van der Waals surface area contributed by atoms with Gasteiger partial charge in [-0.15, -0.1) is 24.0 Å². The maximum Gasteiger partial charge on any atom is 0.193 e. The Kier molecular flexibility index (Phi) is 10.4. The molecular formula is C21H33FIN3O3. The Morgan fingerprint density at radius 3 is 2.62 bits per heavy atom. The Bertz CT molecular complexity index is 618. The summed E-state index contributed by atoms with van der Waals surface area (Å²) < 4.78 is 30.5. The molecule has 1 aromatic rings. The molecule has 2 aliphatic rings. The topological polar surface area (TPSA) is 55.3 Å². The molecule has 0 aromatic heterocycles. The molecule has 2 saturated heterocycles. The predicted octanol–water partition coefficient (Wildman–Crippen LogP) is 3.45. The first-order chi connectivity index (χ1) is 13.6. The predicted molar refractivity (Wildman–Crippen MR) is 123 cm³/mol. The van der Waals surface area contributed by atoms with E-state index in [-0.39, 0.29) is 42.0 Å². The van der Waals surface area contributed by atoms with Crippen LogP contribution >= 0.6 is 24.0 Å². The Hall–Kier alpha value is -1.13. The maximum atomic E-state index is 13.0. The molecule has 29 heavy (non-hydrogen) atoms. The second-order valence-corrected chi connectivity index (χ2v) is 7.47. The summed E-state index contributed by atoms with van der Waals surface area (Å²) in [6.07, 6.45) is 4.79. The van der Waals surface area contributed by atoms with Crippen LogP contribution in [-0.4, -0.2) is 69.1 Å². The third kappa shape index (κ3) is 7.90. The van der Waals surface area contributed by atoms with Gasteiger partial charge in [-0.1, -0.05) is 0 Å². The molecule has 2 aliphatic heterocycles.